The van der Waals surface area contributed by atoms with E-state index < -0.39 is 12.2 Å². The van der Waals surface area contributed by atoms with E-state index in [2.05, 4.69) is 6.07 Å². The fourth-order valence-corrected chi connectivity index (χ4v) is 1.72. The molecule has 15 heavy (non-hydrogen) atoms. The quantitative estimate of drug-likeness (QED) is 0.649. The predicted molar refractivity (Wildman–Crippen MR) is 53.5 cm³/mol. The molecule has 1 aliphatic heterocycles. The lowest BCUT2D eigenvalue weighted by molar-refractivity contribution is -0.389. The Morgan fingerprint density at radius 3 is 2.40 bits per heavy atom. The van der Waals surface area contributed by atoms with E-state index >= 15 is 0 Å². The van der Waals surface area contributed by atoms with Gasteiger partial charge in [0.05, 0.1) is 17.9 Å². The maximum atomic E-state index is 10.9. The van der Waals surface area contributed by atoms with Crippen LogP contribution in [0.3, 0.4) is 0 Å². The molecule has 4 nitrogen and oxygen atoms in total. The topological polar surface area (TPSA) is 59.3 Å². The van der Waals surface area contributed by atoms with Crippen LogP contribution >= 0.6 is 0 Å². The van der Waals surface area contributed by atoms with Gasteiger partial charge in [-0.2, -0.15) is 5.26 Å². The average molecular weight is 211 g/mol. The zero-order valence-electron chi connectivity index (χ0n) is 9.34. The average Bonchev–Trinajstić information content (AvgIpc) is 2.13. The van der Waals surface area contributed by atoms with Gasteiger partial charge in [0.1, 0.15) is 6.29 Å². The molecule has 1 heterocycles. The molecule has 1 rings (SSSR count). The van der Waals surface area contributed by atoms with Gasteiger partial charge in [0.25, 0.3) is 0 Å². The third-order valence-electron chi connectivity index (χ3n) is 2.48. The summed E-state index contributed by atoms with van der Waals surface area (Å²) in [5, 5.41) is 8.99. The molecule has 1 saturated heterocycles. The molecule has 0 aromatic carbocycles. The second-order valence-electron chi connectivity index (χ2n) is 4.29. The van der Waals surface area contributed by atoms with E-state index in [4.69, 9.17) is 14.7 Å². The normalized spacial score (nSPS) is 29.0. The van der Waals surface area contributed by atoms with Crippen LogP contribution in [-0.2, 0) is 14.3 Å². The number of nitriles is 1. The Morgan fingerprint density at radius 1 is 1.47 bits per heavy atom. The molecule has 1 fully saturated rings. The number of carbonyl (C=O) groups excluding carboxylic acids is 1. The van der Waals surface area contributed by atoms with E-state index in [9.17, 15) is 4.79 Å². The van der Waals surface area contributed by atoms with Crippen LogP contribution in [0.1, 0.15) is 27.2 Å². The number of carbonyl (C=O) groups is 1. The van der Waals surface area contributed by atoms with Gasteiger partial charge in [-0.3, -0.25) is 0 Å². The predicted octanol–water partition coefficient (Wildman–Crippen LogP) is 1.71. The van der Waals surface area contributed by atoms with Crippen LogP contribution in [0.25, 0.3) is 0 Å². The maximum absolute atomic E-state index is 10.9. The molecule has 84 valence electrons. The van der Waals surface area contributed by atoms with Gasteiger partial charge < -0.3 is 14.3 Å². The minimum absolute atomic E-state index is 0.254. The third kappa shape index (κ3) is 3.01. The molecule has 4 heteroatoms. The molecule has 0 aromatic heterocycles. The SMILES string of the molecule is CC(C)C[C@@H](C#N)C(C=O)C1OC(C)O1. The summed E-state index contributed by atoms with van der Waals surface area (Å²) in [6, 6.07) is 2.16. The lowest BCUT2D eigenvalue weighted by atomic mass is 9.86. The van der Waals surface area contributed by atoms with Crippen molar-refractivity contribution < 1.29 is 14.3 Å². The number of hydrogen-bond acceptors (Lipinski definition) is 4. The summed E-state index contributed by atoms with van der Waals surface area (Å²) < 4.78 is 10.5. The zero-order chi connectivity index (χ0) is 11.4. The molecule has 0 spiro atoms. The molecule has 0 aliphatic carbocycles. The Labute approximate surface area is 90.2 Å². The molecular weight excluding hydrogens is 194 g/mol. The Kier molecular flexibility index (Phi) is 4.25. The minimum Gasteiger partial charge on any atom is -0.323 e. The van der Waals surface area contributed by atoms with E-state index in [0.717, 1.165) is 6.29 Å². The molecule has 0 amide bonds. The Morgan fingerprint density at radius 2 is 2.07 bits per heavy atom. The lowest BCUT2D eigenvalue weighted by Gasteiger charge is -2.38. The number of ether oxygens (including phenoxy) is 2. The van der Waals surface area contributed by atoms with Crippen molar-refractivity contribution in [3.8, 4) is 6.07 Å². The fraction of sp³-hybridized carbons (Fsp3) is 0.818. The minimum atomic E-state index is -0.527. The van der Waals surface area contributed by atoms with E-state index in [1.807, 2.05) is 13.8 Å². The molecule has 0 aromatic rings. The second-order valence-corrected chi connectivity index (χ2v) is 4.29. The lowest BCUT2D eigenvalue weighted by Crippen LogP contribution is -2.47. The van der Waals surface area contributed by atoms with Crippen LogP contribution in [0.15, 0.2) is 0 Å². The highest BCUT2D eigenvalue weighted by atomic mass is 16.9. The second kappa shape index (κ2) is 5.24. The summed E-state index contributed by atoms with van der Waals surface area (Å²) in [5.41, 5.74) is 0. The van der Waals surface area contributed by atoms with Crippen molar-refractivity contribution in [2.75, 3.05) is 0 Å². The molecule has 0 N–H and O–H groups in total. The highest BCUT2D eigenvalue weighted by Crippen LogP contribution is 2.30. The monoisotopic (exact) mass is 211 g/mol. The first-order chi connectivity index (χ1) is 7.08. The van der Waals surface area contributed by atoms with Gasteiger partial charge in [-0.15, -0.1) is 0 Å². The molecule has 0 radical (unpaired) electrons. The van der Waals surface area contributed by atoms with Crippen molar-refractivity contribution in [2.24, 2.45) is 17.8 Å². The van der Waals surface area contributed by atoms with Crippen molar-refractivity contribution in [3.05, 3.63) is 0 Å². The largest absolute Gasteiger partial charge is 0.323 e. The Hall–Kier alpha value is -0.920. The van der Waals surface area contributed by atoms with Crippen molar-refractivity contribution in [1.82, 2.24) is 0 Å². The van der Waals surface area contributed by atoms with E-state index in [1.165, 1.54) is 0 Å². The number of nitrogens with zero attached hydrogens (tertiary/aromatic N) is 1. The summed E-state index contributed by atoms with van der Waals surface area (Å²) in [7, 11) is 0. The summed E-state index contributed by atoms with van der Waals surface area (Å²) in [5.74, 6) is -0.400. The molecule has 1 unspecified atom stereocenters. The summed E-state index contributed by atoms with van der Waals surface area (Å²) in [6.45, 7) is 5.82. The van der Waals surface area contributed by atoms with Crippen molar-refractivity contribution in [1.29, 1.82) is 5.26 Å². The summed E-state index contributed by atoms with van der Waals surface area (Å²) in [4.78, 5) is 10.9. The maximum Gasteiger partial charge on any atom is 0.174 e. The molecule has 1 aliphatic rings. The first-order valence-corrected chi connectivity index (χ1v) is 5.24. The van der Waals surface area contributed by atoms with Gasteiger partial charge in [0, 0.05) is 0 Å². The molecular formula is C11H17NO3. The van der Waals surface area contributed by atoms with Crippen LogP contribution in [0.2, 0.25) is 0 Å². The third-order valence-corrected chi connectivity index (χ3v) is 2.48. The van der Waals surface area contributed by atoms with Crippen LogP contribution in [-0.4, -0.2) is 18.9 Å². The fourth-order valence-electron chi connectivity index (χ4n) is 1.72. The number of rotatable bonds is 5. The van der Waals surface area contributed by atoms with E-state index in [1.54, 1.807) is 6.92 Å². The van der Waals surface area contributed by atoms with Crippen LogP contribution in [0, 0.1) is 29.1 Å². The van der Waals surface area contributed by atoms with Gasteiger partial charge in [-0.05, 0) is 19.3 Å². The van der Waals surface area contributed by atoms with Crippen LogP contribution in [0.5, 0.6) is 0 Å². The van der Waals surface area contributed by atoms with Crippen LogP contribution < -0.4 is 0 Å². The summed E-state index contributed by atoms with van der Waals surface area (Å²) in [6.07, 6.45) is 0.682. The van der Waals surface area contributed by atoms with Crippen molar-refractivity contribution >= 4 is 6.29 Å². The van der Waals surface area contributed by atoms with E-state index in [0.29, 0.717) is 12.3 Å². The van der Waals surface area contributed by atoms with E-state index in [-0.39, 0.29) is 12.2 Å². The van der Waals surface area contributed by atoms with Gasteiger partial charge >= 0.3 is 0 Å². The van der Waals surface area contributed by atoms with Gasteiger partial charge in [0.2, 0.25) is 0 Å². The molecule has 0 saturated carbocycles. The highest BCUT2D eigenvalue weighted by Gasteiger charge is 2.39. The smallest absolute Gasteiger partial charge is 0.174 e. The molecule has 0 bridgehead atoms. The van der Waals surface area contributed by atoms with Gasteiger partial charge in [-0.1, -0.05) is 13.8 Å². The standard InChI is InChI=1S/C11H17NO3/c1-7(2)4-9(5-12)10(6-13)11-14-8(3)15-11/h6-11H,4H2,1-3H3/t8?,9-,10?,11?/m0/s1. The number of aldehydes is 1. The highest BCUT2D eigenvalue weighted by molar-refractivity contribution is 5.55. The van der Waals surface area contributed by atoms with Crippen molar-refractivity contribution in [2.45, 2.75) is 39.8 Å². The zero-order valence-corrected chi connectivity index (χ0v) is 9.34. The first-order valence-electron chi connectivity index (χ1n) is 5.24. The van der Waals surface area contributed by atoms with Gasteiger partial charge in [0.15, 0.2) is 12.6 Å². The Balaban J connectivity index is 2.55. The van der Waals surface area contributed by atoms with Crippen LogP contribution in [0.4, 0.5) is 0 Å². The first kappa shape index (κ1) is 12.2. The van der Waals surface area contributed by atoms with Crippen molar-refractivity contribution in [3.63, 3.8) is 0 Å². The molecule has 2 atom stereocenters. The summed E-state index contributed by atoms with van der Waals surface area (Å²) >= 11 is 0. The van der Waals surface area contributed by atoms with Gasteiger partial charge in [-0.25, -0.2) is 0 Å². The number of hydrogen-bond donors (Lipinski definition) is 0. The Bertz CT molecular complexity index is 253.